The van der Waals surface area contributed by atoms with E-state index in [2.05, 4.69) is 27.1 Å². The minimum Gasteiger partial charge on any atom is -0.354 e. The summed E-state index contributed by atoms with van der Waals surface area (Å²) in [6.07, 6.45) is 6.67. The Hall–Kier alpha value is -1.66. The van der Waals surface area contributed by atoms with Crippen LogP contribution in [0.25, 0.3) is 0 Å². The van der Waals surface area contributed by atoms with Gasteiger partial charge in [-0.1, -0.05) is 25.3 Å². The minimum atomic E-state index is -0.686. The number of hydrogen-bond donors (Lipinski definition) is 2. The largest absolute Gasteiger partial charge is 0.354 e. The lowest BCUT2D eigenvalue weighted by molar-refractivity contribution is -0.127. The van der Waals surface area contributed by atoms with Crippen LogP contribution < -0.4 is 16.0 Å². The third-order valence-corrected chi connectivity index (χ3v) is 5.31. The van der Waals surface area contributed by atoms with Crippen LogP contribution in [-0.4, -0.2) is 54.6 Å². The molecule has 2 fully saturated rings. The summed E-state index contributed by atoms with van der Waals surface area (Å²) in [4.78, 5) is 21.7. The van der Waals surface area contributed by atoms with E-state index < -0.39 is 5.54 Å². The summed E-state index contributed by atoms with van der Waals surface area (Å²) in [6, 6.07) is 3.98. The molecule has 2 aliphatic rings. The lowest BCUT2D eigenvalue weighted by Crippen LogP contribution is -2.54. The molecule has 0 unspecified atom stereocenters. The number of likely N-dealkylation sites (N-methyl/N-ethyl adjacent to an activating group) is 1. The van der Waals surface area contributed by atoms with Crippen LogP contribution in [0.3, 0.4) is 0 Å². The second-order valence-electron chi connectivity index (χ2n) is 7.18. The fraction of sp³-hybridized carbons (Fsp3) is 0.667. The van der Waals surface area contributed by atoms with E-state index in [0.717, 1.165) is 63.2 Å². The van der Waals surface area contributed by atoms with Crippen molar-refractivity contribution in [3.63, 3.8) is 0 Å². The van der Waals surface area contributed by atoms with Crippen LogP contribution in [0.1, 0.15) is 37.7 Å². The normalized spacial score (nSPS) is 21.5. The molecule has 1 amide bonds. The van der Waals surface area contributed by atoms with E-state index >= 15 is 0 Å². The molecular weight excluding hydrogens is 302 g/mol. The summed E-state index contributed by atoms with van der Waals surface area (Å²) in [5.74, 6) is 0.969. The van der Waals surface area contributed by atoms with Gasteiger partial charge in [-0.25, -0.2) is 4.98 Å². The predicted octanol–water partition coefficient (Wildman–Crippen LogP) is 1.11. The number of rotatable bonds is 4. The summed E-state index contributed by atoms with van der Waals surface area (Å²) in [7, 11) is 2.14. The lowest BCUT2D eigenvalue weighted by Gasteiger charge is -2.34. The van der Waals surface area contributed by atoms with Crippen molar-refractivity contribution in [3.8, 4) is 0 Å². The molecule has 1 saturated heterocycles. The predicted molar refractivity (Wildman–Crippen MR) is 95.8 cm³/mol. The molecule has 3 rings (SSSR count). The smallest absolute Gasteiger partial charge is 0.240 e. The van der Waals surface area contributed by atoms with Crippen molar-refractivity contribution in [3.05, 3.63) is 23.9 Å². The number of carbonyl (C=O) groups excluding carboxylic acids is 1. The Morgan fingerprint density at radius 1 is 1.25 bits per heavy atom. The van der Waals surface area contributed by atoms with Crippen molar-refractivity contribution >= 4 is 11.7 Å². The standard InChI is InChI=1S/C18H29N5O/c1-22-10-12-23(13-11-22)16-15(6-5-9-20-16)14-21-17(24)18(19)7-3-2-4-8-18/h5-6,9H,2-4,7-8,10-14,19H2,1H3,(H,21,24). The van der Waals surface area contributed by atoms with Gasteiger partial charge >= 0.3 is 0 Å². The number of pyridine rings is 1. The fourth-order valence-corrected chi connectivity index (χ4v) is 3.63. The average molecular weight is 331 g/mol. The number of piperazine rings is 1. The van der Waals surface area contributed by atoms with Gasteiger partial charge in [0.25, 0.3) is 0 Å². The third-order valence-electron chi connectivity index (χ3n) is 5.31. The molecule has 1 saturated carbocycles. The van der Waals surface area contributed by atoms with Gasteiger partial charge in [0.15, 0.2) is 0 Å². The molecule has 132 valence electrons. The first-order valence-corrected chi connectivity index (χ1v) is 9.03. The number of amides is 1. The van der Waals surface area contributed by atoms with E-state index in [1.54, 1.807) is 0 Å². The Balaban J connectivity index is 1.64. The van der Waals surface area contributed by atoms with Crippen molar-refractivity contribution < 1.29 is 4.79 Å². The molecule has 6 heteroatoms. The molecule has 2 heterocycles. The zero-order valence-electron chi connectivity index (χ0n) is 14.6. The SMILES string of the molecule is CN1CCN(c2ncccc2CNC(=O)C2(N)CCCCC2)CC1. The number of hydrogen-bond acceptors (Lipinski definition) is 5. The van der Waals surface area contributed by atoms with Crippen molar-refractivity contribution in [2.45, 2.75) is 44.2 Å². The van der Waals surface area contributed by atoms with E-state index in [1.165, 1.54) is 6.42 Å². The first kappa shape index (κ1) is 17.2. The van der Waals surface area contributed by atoms with E-state index in [9.17, 15) is 4.79 Å². The summed E-state index contributed by atoms with van der Waals surface area (Å²) >= 11 is 0. The fourth-order valence-electron chi connectivity index (χ4n) is 3.63. The number of nitrogens with two attached hydrogens (primary N) is 1. The van der Waals surface area contributed by atoms with Crippen molar-refractivity contribution in [2.75, 3.05) is 38.1 Å². The molecule has 1 aromatic rings. The topological polar surface area (TPSA) is 74.5 Å². The van der Waals surface area contributed by atoms with Crippen molar-refractivity contribution in [2.24, 2.45) is 5.73 Å². The molecule has 24 heavy (non-hydrogen) atoms. The van der Waals surface area contributed by atoms with Gasteiger partial charge in [0.1, 0.15) is 5.82 Å². The van der Waals surface area contributed by atoms with Crippen LogP contribution in [-0.2, 0) is 11.3 Å². The van der Waals surface area contributed by atoms with E-state index in [4.69, 9.17) is 5.73 Å². The molecule has 0 radical (unpaired) electrons. The minimum absolute atomic E-state index is 0.0182. The van der Waals surface area contributed by atoms with Crippen LogP contribution in [0.2, 0.25) is 0 Å². The average Bonchev–Trinajstić information content (AvgIpc) is 2.61. The van der Waals surface area contributed by atoms with Gasteiger partial charge in [-0.15, -0.1) is 0 Å². The quantitative estimate of drug-likeness (QED) is 0.864. The Kier molecular flexibility index (Phi) is 5.36. The van der Waals surface area contributed by atoms with Crippen LogP contribution in [0.5, 0.6) is 0 Å². The van der Waals surface area contributed by atoms with Crippen LogP contribution in [0, 0.1) is 0 Å². The molecule has 1 aliphatic carbocycles. The Labute approximate surface area is 144 Å². The van der Waals surface area contributed by atoms with Crippen LogP contribution in [0.15, 0.2) is 18.3 Å². The summed E-state index contributed by atoms with van der Waals surface area (Å²) in [5.41, 5.74) is 6.70. The summed E-state index contributed by atoms with van der Waals surface area (Å²) in [5, 5.41) is 3.06. The Morgan fingerprint density at radius 3 is 2.67 bits per heavy atom. The molecule has 3 N–H and O–H groups in total. The van der Waals surface area contributed by atoms with Gasteiger partial charge in [-0.3, -0.25) is 4.79 Å². The summed E-state index contributed by atoms with van der Waals surface area (Å²) in [6.45, 7) is 4.50. The molecule has 0 aromatic carbocycles. The maximum atomic E-state index is 12.5. The number of aromatic nitrogens is 1. The van der Waals surface area contributed by atoms with Gasteiger partial charge < -0.3 is 20.9 Å². The molecule has 0 atom stereocenters. The highest BCUT2D eigenvalue weighted by atomic mass is 16.2. The number of anilines is 1. The number of nitrogens with one attached hydrogen (secondary N) is 1. The van der Waals surface area contributed by atoms with Gasteiger partial charge in [-0.05, 0) is 26.0 Å². The van der Waals surface area contributed by atoms with Gasteiger partial charge in [0.05, 0.1) is 5.54 Å². The number of carbonyl (C=O) groups is 1. The molecular formula is C18H29N5O. The highest BCUT2D eigenvalue weighted by molar-refractivity contribution is 5.86. The zero-order chi connectivity index (χ0) is 17.0. The van der Waals surface area contributed by atoms with Crippen LogP contribution >= 0.6 is 0 Å². The Morgan fingerprint density at radius 2 is 1.96 bits per heavy atom. The van der Waals surface area contributed by atoms with E-state index in [0.29, 0.717) is 6.54 Å². The second kappa shape index (κ2) is 7.49. The molecule has 0 spiro atoms. The number of nitrogens with zero attached hydrogens (tertiary/aromatic N) is 3. The molecule has 1 aromatic heterocycles. The van der Waals surface area contributed by atoms with Gasteiger partial charge in [0.2, 0.25) is 5.91 Å². The van der Waals surface area contributed by atoms with Crippen LogP contribution in [0.4, 0.5) is 5.82 Å². The molecule has 0 bridgehead atoms. The first-order valence-electron chi connectivity index (χ1n) is 9.03. The highest BCUT2D eigenvalue weighted by Crippen LogP contribution is 2.26. The van der Waals surface area contributed by atoms with E-state index in [1.807, 2.05) is 18.3 Å². The van der Waals surface area contributed by atoms with Crippen molar-refractivity contribution in [1.82, 2.24) is 15.2 Å². The maximum Gasteiger partial charge on any atom is 0.240 e. The van der Waals surface area contributed by atoms with Gasteiger partial charge in [0, 0.05) is 44.5 Å². The second-order valence-corrected chi connectivity index (χ2v) is 7.18. The van der Waals surface area contributed by atoms with E-state index in [-0.39, 0.29) is 5.91 Å². The zero-order valence-corrected chi connectivity index (χ0v) is 14.6. The highest BCUT2D eigenvalue weighted by Gasteiger charge is 2.35. The molecule has 1 aliphatic heterocycles. The van der Waals surface area contributed by atoms with Gasteiger partial charge in [-0.2, -0.15) is 0 Å². The first-order chi connectivity index (χ1) is 11.6. The molecule has 6 nitrogen and oxygen atoms in total. The third kappa shape index (κ3) is 3.87. The maximum absolute atomic E-state index is 12.5. The monoisotopic (exact) mass is 331 g/mol. The lowest BCUT2D eigenvalue weighted by atomic mass is 9.82. The Bertz CT molecular complexity index is 562. The van der Waals surface area contributed by atoms with Crippen molar-refractivity contribution in [1.29, 1.82) is 0 Å². The summed E-state index contributed by atoms with van der Waals surface area (Å²) < 4.78 is 0.